The van der Waals surface area contributed by atoms with Gasteiger partial charge in [-0.25, -0.2) is 4.79 Å². The SMILES string of the molecule is COc1ccc2c(c1)C(=O)N(C[C@@]1(CCc3ccc(C(=N)N4CCOCC4)cc3)NC(=O)NC1=O)C2. The van der Waals surface area contributed by atoms with E-state index in [-0.39, 0.29) is 12.5 Å². The van der Waals surface area contributed by atoms with Crippen LogP contribution in [0, 0.1) is 5.41 Å². The molecule has 3 aliphatic rings. The molecule has 0 aromatic heterocycles. The maximum absolute atomic E-state index is 13.1. The molecule has 3 heterocycles. The van der Waals surface area contributed by atoms with Gasteiger partial charge < -0.3 is 24.6 Å². The molecule has 3 N–H and O–H groups in total. The van der Waals surface area contributed by atoms with Crippen molar-refractivity contribution in [3.05, 3.63) is 64.7 Å². The van der Waals surface area contributed by atoms with E-state index in [2.05, 4.69) is 10.6 Å². The van der Waals surface area contributed by atoms with E-state index in [1.54, 1.807) is 24.1 Å². The van der Waals surface area contributed by atoms with Crippen LogP contribution in [0.3, 0.4) is 0 Å². The Hall–Kier alpha value is -3.92. The standard InChI is InChI=1S/C26H29N5O5/c1-35-20-7-6-19-15-31(23(32)21(19)14-20)16-26(24(33)28-25(34)29-26)9-8-17-2-4-18(5-3-17)22(27)30-10-12-36-13-11-30/h2-7,14,27H,8-13,15-16H2,1H3,(H2,28,29,33,34)/t26-/m1/s1. The predicted octanol–water partition coefficient (Wildman–Crippen LogP) is 1.52. The summed E-state index contributed by atoms with van der Waals surface area (Å²) in [7, 11) is 1.55. The number of aryl methyl sites for hydroxylation is 1. The fraction of sp³-hybridized carbons (Fsp3) is 0.385. The Kier molecular flexibility index (Phi) is 6.36. The molecule has 0 saturated carbocycles. The van der Waals surface area contributed by atoms with Crippen molar-refractivity contribution in [3.63, 3.8) is 0 Å². The van der Waals surface area contributed by atoms with Crippen molar-refractivity contribution in [2.75, 3.05) is 40.0 Å². The van der Waals surface area contributed by atoms with Crippen LogP contribution in [0.1, 0.15) is 33.5 Å². The number of amides is 4. The number of carbonyl (C=O) groups is 3. The van der Waals surface area contributed by atoms with E-state index < -0.39 is 17.5 Å². The van der Waals surface area contributed by atoms with Crippen LogP contribution in [0.4, 0.5) is 4.79 Å². The van der Waals surface area contributed by atoms with Gasteiger partial charge in [0, 0.05) is 30.8 Å². The number of methoxy groups -OCH3 is 1. The monoisotopic (exact) mass is 491 g/mol. The van der Waals surface area contributed by atoms with Crippen LogP contribution < -0.4 is 15.4 Å². The number of nitrogens with zero attached hydrogens (tertiary/aromatic N) is 2. The van der Waals surface area contributed by atoms with Crippen molar-refractivity contribution in [1.29, 1.82) is 5.41 Å². The maximum Gasteiger partial charge on any atom is 0.322 e. The molecule has 5 rings (SSSR count). The van der Waals surface area contributed by atoms with E-state index in [0.717, 1.165) is 16.7 Å². The molecule has 2 saturated heterocycles. The molecule has 10 heteroatoms. The lowest BCUT2D eigenvalue weighted by molar-refractivity contribution is -0.124. The van der Waals surface area contributed by atoms with Gasteiger partial charge in [-0.3, -0.25) is 20.3 Å². The summed E-state index contributed by atoms with van der Waals surface area (Å²) in [6, 6.07) is 12.5. The number of nitrogens with one attached hydrogen (secondary N) is 3. The summed E-state index contributed by atoms with van der Waals surface area (Å²) in [6.45, 7) is 3.07. The number of fused-ring (bicyclic) bond motifs is 1. The molecular formula is C26H29N5O5. The summed E-state index contributed by atoms with van der Waals surface area (Å²) in [5, 5.41) is 13.6. The quantitative estimate of drug-likeness (QED) is 0.307. The molecule has 0 unspecified atom stereocenters. The van der Waals surface area contributed by atoms with Gasteiger partial charge in [-0.2, -0.15) is 0 Å². The predicted molar refractivity (Wildman–Crippen MR) is 131 cm³/mol. The van der Waals surface area contributed by atoms with Gasteiger partial charge in [0.1, 0.15) is 17.1 Å². The first-order chi connectivity index (χ1) is 17.4. The first kappa shape index (κ1) is 23.8. The average molecular weight is 492 g/mol. The van der Waals surface area contributed by atoms with Gasteiger partial charge in [0.15, 0.2) is 0 Å². The molecule has 2 fully saturated rings. The van der Waals surface area contributed by atoms with Gasteiger partial charge in [-0.1, -0.05) is 30.3 Å². The van der Waals surface area contributed by atoms with Crippen LogP contribution in [0.25, 0.3) is 0 Å². The number of carbonyl (C=O) groups excluding carboxylic acids is 3. The molecule has 3 aliphatic heterocycles. The van der Waals surface area contributed by atoms with E-state index in [9.17, 15) is 14.4 Å². The van der Waals surface area contributed by atoms with Crippen LogP contribution in [0.5, 0.6) is 5.75 Å². The zero-order valence-corrected chi connectivity index (χ0v) is 20.1. The summed E-state index contributed by atoms with van der Waals surface area (Å²) in [5.41, 5.74) is 1.98. The molecule has 2 aromatic rings. The topological polar surface area (TPSA) is 124 Å². The van der Waals surface area contributed by atoms with Gasteiger partial charge in [0.25, 0.3) is 11.8 Å². The Morgan fingerprint density at radius 1 is 1.11 bits per heavy atom. The van der Waals surface area contributed by atoms with Crippen molar-refractivity contribution in [3.8, 4) is 5.75 Å². The molecule has 0 bridgehead atoms. The molecule has 1 atom stereocenters. The van der Waals surface area contributed by atoms with Crippen molar-refractivity contribution in [2.24, 2.45) is 0 Å². The molecule has 36 heavy (non-hydrogen) atoms. The highest BCUT2D eigenvalue weighted by atomic mass is 16.5. The summed E-state index contributed by atoms with van der Waals surface area (Å²) < 4.78 is 10.6. The Labute approximate surface area is 209 Å². The number of amidine groups is 1. The molecule has 188 valence electrons. The zero-order valence-electron chi connectivity index (χ0n) is 20.1. The van der Waals surface area contributed by atoms with Crippen molar-refractivity contribution in [2.45, 2.75) is 24.9 Å². The lowest BCUT2D eigenvalue weighted by Gasteiger charge is -2.31. The number of hydrogen-bond donors (Lipinski definition) is 3. The lowest BCUT2D eigenvalue weighted by Crippen LogP contribution is -2.55. The third-order valence-corrected chi connectivity index (χ3v) is 7.07. The van der Waals surface area contributed by atoms with Gasteiger partial charge in [0.05, 0.1) is 26.9 Å². The van der Waals surface area contributed by atoms with Crippen LogP contribution in [0.2, 0.25) is 0 Å². The normalized spacial score (nSPS) is 21.3. The second-order valence-corrected chi connectivity index (χ2v) is 9.32. The summed E-state index contributed by atoms with van der Waals surface area (Å²) in [5.74, 6) is 0.436. The minimum atomic E-state index is -1.22. The van der Waals surface area contributed by atoms with Crippen molar-refractivity contribution in [1.82, 2.24) is 20.4 Å². The van der Waals surface area contributed by atoms with Crippen LogP contribution >= 0.6 is 0 Å². The van der Waals surface area contributed by atoms with Crippen LogP contribution in [-0.4, -0.2) is 79.0 Å². The Balaban J connectivity index is 1.28. The third kappa shape index (κ3) is 4.51. The second kappa shape index (κ2) is 9.62. The van der Waals surface area contributed by atoms with Crippen LogP contribution in [0.15, 0.2) is 42.5 Å². The second-order valence-electron chi connectivity index (χ2n) is 9.32. The summed E-state index contributed by atoms with van der Waals surface area (Å²) in [6.07, 6.45) is 0.843. The van der Waals surface area contributed by atoms with Crippen molar-refractivity contribution >= 4 is 23.7 Å². The van der Waals surface area contributed by atoms with E-state index in [4.69, 9.17) is 14.9 Å². The number of ether oxygens (including phenoxy) is 2. The van der Waals surface area contributed by atoms with E-state index >= 15 is 0 Å². The largest absolute Gasteiger partial charge is 0.497 e. The minimum Gasteiger partial charge on any atom is -0.497 e. The third-order valence-electron chi connectivity index (χ3n) is 7.07. The highest BCUT2D eigenvalue weighted by Gasteiger charge is 2.48. The van der Waals surface area contributed by atoms with Gasteiger partial charge >= 0.3 is 6.03 Å². The van der Waals surface area contributed by atoms with Gasteiger partial charge in [-0.05, 0) is 36.1 Å². The molecule has 4 amide bonds. The summed E-state index contributed by atoms with van der Waals surface area (Å²) >= 11 is 0. The molecule has 0 aliphatic carbocycles. The highest BCUT2D eigenvalue weighted by Crippen LogP contribution is 2.30. The minimum absolute atomic E-state index is 0.0696. The number of morpholine rings is 1. The zero-order chi connectivity index (χ0) is 25.3. The van der Waals surface area contributed by atoms with E-state index in [1.165, 1.54) is 0 Å². The maximum atomic E-state index is 13.1. The molecule has 10 nitrogen and oxygen atoms in total. The molecule has 2 aromatic carbocycles. The van der Waals surface area contributed by atoms with Crippen LogP contribution in [-0.2, 0) is 22.5 Å². The van der Waals surface area contributed by atoms with Crippen molar-refractivity contribution < 1.29 is 23.9 Å². The molecular weight excluding hydrogens is 462 g/mol. The lowest BCUT2D eigenvalue weighted by atomic mass is 9.90. The fourth-order valence-corrected chi connectivity index (χ4v) is 4.97. The van der Waals surface area contributed by atoms with E-state index in [0.29, 0.717) is 62.8 Å². The highest BCUT2D eigenvalue weighted by molar-refractivity contribution is 6.08. The number of urea groups is 1. The first-order valence-electron chi connectivity index (χ1n) is 12.0. The Bertz CT molecular complexity index is 1210. The Morgan fingerprint density at radius 2 is 1.86 bits per heavy atom. The summed E-state index contributed by atoms with van der Waals surface area (Å²) in [4.78, 5) is 41.7. The van der Waals surface area contributed by atoms with Gasteiger partial charge in [-0.15, -0.1) is 0 Å². The first-order valence-corrected chi connectivity index (χ1v) is 12.0. The number of rotatable bonds is 7. The van der Waals surface area contributed by atoms with E-state index in [1.807, 2.05) is 35.2 Å². The average Bonchev–Trinajstić information content (AvgIpc) is 3.36. The molecule has 0 spiro atoms. The Morgan fingerprint density at radius 3 is 2.53 bits per heavy atom. The fourth-order valence-electron chi connectivity index (χ4n) is 4.97. The van der Waals surface area contributed by atoms with Gasteiger partial charge in [0.2, 0.25) is 0 Å². The number of imide groups is 1. The molecule has 0 radical (unpaired) electrons. The number of benzene rings is 2. The smallest absolute Gasteiger partial charge is 0.322 e. The number of hydrogen-bond acceptors (Lipinski definition) is 6.